The number of nitrogens with one attached hydrogen (secondary N) is 1. The Morgan fingerprint density at radius 3 is 2.80 bits per heavy atom. The van der Waals surface area contributed by atoms with Crippen molar-refractivity contribution in [3.63, 3.8) is 0 Å². The van der Waals surface area contributed by atoms with Crippen molar-refractivity contribution < 1.29 is 9.90 Å². The van der Waals surface area contributed by atoms with Crippen LogP contribution < -0.4 is 5.32 Å². The predicted octanol–water partition coefficient (Wildman–Crippen LogP) is 2.51. The highest BCUT2D eigenvalue weighted by molar-refractivity contribution is 9.10. The van der Waals surface area contributed by atoms with Crippen LogP contribution in [-0.2, 0) is 0 Å². The average Bonchev–Trinajstić information content (AvgIpc) is 2.45. The summed E-state index contributed by atoms with van der Waals surface area (Å²) in [5.41, 5.74) is 0.533. The predicted molar refractivity (Wildman–Crippen MR) is 84.0 cm³/mol. The van der Waals surface area contributed by atoms with Gasteiger partial charge in [-0.05, 0) is 35.3 Å². The minimum atomic E-state index is -0.0998. The van der Waals surface area contributed by atoms with Crippen LogP contribution >= 0.6 is 15.9 Å². The lowest BCUT2D eigenvalue weighted by Crippen LogP contribution is -2.35. The van der Waals surface area contributed by atoms with E-state index in [2.05, 4.69) is 33.2 Å². The van der Waals surface area contributed by atoms with Crippen LogP contribution in [0.5, 0.6) is 0 Å². The van der Waals surface area contributed by atoms with Crippen LogP contribution in [0.3, 0.4) is 0 Å². The molecule has 0 radical (unpaired) electrons. The second kappa shape index (κ2) is 8.92. The number of amides is 1. The van der Waals surface area contributed by atoms with E-state index in [1.54, 1.807) is 17.2 Å². The van der Waals surface area contributed by atoms with Gasteiger partial charge in [0.1, 0.15) is 5.82 Å². The van der Waals surface area contributed by atoms with E-state index in [0.29, 0.717) is 31.0 Å². The molecule has 0 unspecified atom stereocenters. The number of anilines is 1. The minimum absolute atomic E-state index is 0.0343. The number of aliphatic hydroxyl groups is 1. The summed E-state index contributed by atoms with van der Waals surface area (Å²) in [7, 11) is 0. The molecule has 20 heavy (non-hydrogen) atoms. The Labute approximate surface area is 128 Å². The summed E-state index contributed by atoms with van der Waals surface area (Å²) < 4.78 is 0.766. The number of hydrogen-bond acceptors (Lipinski definition) is 4. The molecular formula is C14H22BrN3O2. The van der Waals surface area contributed by atoms with Gasteiger partial charge in [0.2, 0.25) is 0 Å². The van der Waals surface area contributed by atoms with Crippen LogP contribution in [0.15, 0.2) is 16.7 Å². The number of nitrogens with zero attached hydrogens (tertiary/aromatic N) is 2. The molecule has 1 rings (SSSR count). The molecule has 112 valence electrons. The van der Waals surface area contributed by atoms with Crippen LogP contribution in [0.4, 0.5) is 5.82 Å². The van der Waals surface area contributed by atoms with E-state index in [9.17, 15) is 4.79 Å². The quantitative estimate of drug-likeness (QED) is 0.761. The number of halogens is 1. The molecule has 0 aliphatic heterocycles. The zero-order chi connectivity index (χ0) is 15.0. The van der Waals surface area contributed by atoms with Gasteiger partial charge in [-0.3, -0.25) is 4.79 Å². The second-order valence-electron chi connectivity index (χ2n) is 4.45. The summed E-state index contributed by atoms with van der Waals surface area (Å²) in [6, 6.07) is 1.77. The van der Waals surface area contributed by atoms with Crippen molar-refractivity contribution in [2.45, 2.75) is 26.7 Å². The molecule has 0 bridgehead atoms. The molecule has 1 aromatic rings. The van der Waals surface area contributed by atoms with Crippen molar-refractivity contribution in [3.05, 3.63) is 22.3 Å². The van der Waals surface area contributed by atoms with Gasteiger partial charge in [-0.1, -0.05) is 13.3 Å². The van der Waals surface area contributed by atoms with Crippen LogP contribution in [0.2, 0.25) is 0 Å². The number of carbonyl (C=O) groups is 1. The zero-order valence-electron chi connectivity index (χ0n) is 12.0. The molecule has 5 nitrogen and oxygen atoms in total. The fourth-order valence-electron chi connectivity index (χ4n) is 1.87. The third-order valence-electron chi connectivity index (χ3n) is 2.87. The first kappa shape index (κ1) is 16.9. The van der Waals surface area contributed by atoms with E-state index >= 15 is 0 Å². The van der Waals surface area contributed by atoms with Crippen LogP contribution in [-0.4, -0.2) is 47.1 Å². The molecule has 0 saturated carbocycles. The Balaban J connectivity index is 2.99. The van der Waals surface area contributed by atoms with Gasteiger partial charge < -0.3 is 15.3 Å². The van der Waals surface area contributed by atoms with Crippen molar-refractivity contribution in [1.82, 2.24) is 9.88 Å². The number of pyridine rings is 1. The van der Waals surface area contributed by atoms with E-state index in [-0.39, 0.29) is 12.5 Å². The van der Waals surface area contributed by atoms with Crippen LogP contribution in [0, 0.1) is 0 Å². The first-order chi connectivity index (χ1) is 9.63. The third kappa shape index (κ3) is 4.76. The Hall–Kier alpha value is -1.14. The standard InChI is InChI=1S/C14H22BrN3O2/c1-3-5-6-18(7-8-19)14(20)12-9-11(15)10-17-13(12)16-4-2/h9-10,19H,3-8H2,1-2H3,(H,16,17). The molecule has 0 aliphatic rings. The van der Waals surface area contributed by atoms with Gasteiger partial charge in [-0.25, -0.2) is 4.98 Å². The maximum absolute atomic E-state index is 12.6. The average molecular weight is 344 g/mol. The van der Waals surface area contributed by atoms with E-state index in [4.69, 9.17) is 5.11 Å². The van der Waals surface area contributed by atoms with E-state index in [1.807, 2.05) is 6.92 Å². The molecular weight excluding hydrogens is 322 g/mol. The third-order valence-corrected chi connectivity index (χ3v) is 3.30. The number of unbranched alkanes of at least 4 members (excludes halogenated alkanes) is 1. The molecule has 1 aromatic heterocycles. The summed E-state index contributed by atoms with van der Waals surface area (Å²) in [4.78, 5) is 18.5. The highest BCUT2D eigenvalue weighted by Crippen LogP contribution is 2.20. The van der Waals surface area contributed by atoms with E-state index in [1.165, 1.54) is 0 Å². The van der Waals surface area contributed by atoms with Crippen LogP contribution in [0.1, 0.15) is 37.0 Å². The van der Waals surface area contributed by atoms with E-state index in [0.717, 1.165) is 17.3 Å². The maximum Gasteiger partial charge on any atom is 0.257 e. The van der Waals surface area contributed by atoms with Crippen molar-refractivity contribution in [2.75, 3.05) is 31.6 Å². The smallest absolute Gasteiger partial charge is 0.257 e. The van der Waals surface area contributed by atoms with Gasteiger partial charge in [-0.2, -0.15) is 0 Å². The lowest BCUT2D eigenvalue weighted by molar-refractivity contribution is 0.0720. The number of hydrogen-bond donors (Lipinski definition) is 2. The van der Waals surface area contributed by atoms with Crippen molar-refractivity contribution in [2.24, 2.45) is 0 Å². The molecule has 0 fully saturated rings. The lowest BCUT2D eigenvalue weighted by atomic mass is 10.2. The highest BCUT2D eigenvalue weighted by atomic mass is 79.9. The fraction of sp³-hybridized carbons (Fsp3) is 0.571. The first-order valence-corrected chi connectivity index (χ1v) is 7.72. The van der Waals surface area contributed by atoms with Crippen LogP contribution in [0.25, 0.3) is 0 Å². The molecule has 1 amide bonds. The topological polar surface area (TPSA) is 65.5 Å². The molecule has 0 spiro atoms. The molecule has 6 heteroatoms. The normalized spacial score (nSPS) is 10.4. The molecule has 0 saturated heterocycles. The van der Waals surface area contributed by atoms with Crippen molar-refractivity contribution in [1.29, 1.82) is 0 Å². The molecule has 0 atom stereocenters. The molecule has 2 N–H and O–H groups in total. The summed E-state index contributed by atoms with van der Waals surface area (Å²) >= 11 is 3.35. The molecule has 1 heterocycles. The van der Waals surface area contributed by atoms with Crippen molar-refractivity contribution in [3.8, 4) is 0 Å². The SMILES string of the molecule is CCCCN(CCO)C(=O)c1cc(Br)cnc1NCC. The number of carbonyl (C=O) groups excluding carboxylic acids is 1. The van der Waals surface area contributed by atoms with Gasteiger partial charge in [0.15, 0.2) is 0 Å². The van der Waals surface area contributed by atoms with E-state index < -0.39 is 0 Å². The monoisotopic (exact) mass is 343 g/mol. The van der Waals surface area contributed by atoms with Gasteiger partial charge in [0, 0.05) is 30.3 Å². The van der Waals surface area contributed by atoms with Gasteiger partial charge >= 0.3 is 0 Å². The molecule has 0 aromatic carbocycles. The zero-order valence-corrected chi connectivity index (χ0v) is 13.6. The minimum Gasteiger partial charge on any atom is -0.395 e. The summed E-state index contributed by atoms with van der Waals surface area (Å²) in [5, 5.41) is 12.2. The summed E-state index contributed by atoms with van der Waals surface area (Å²) in [6.45, 7) is 5.69. The highest BCUT2D eigenvalue weighted by Gasteiger charge is 2.19. The molecule has 0 aliphatic carbocycles. The number of aromatic nitrogens is 1. The van der Waals surface area contributed by atoms with Gasteiger partial charge in [-0.15, -0.1) is 0 Å². The number of rotatable bonds is 8. The fourth-order valence-corrected chi connectivity index (χ4v) is 2.20. The van der Waals surface area contributed by atoms with Gasteiger partial charge in [0.25, 0.3) is 5.91 Å². The maximum atomic E-state index is 12.6. The Morgan fingerprint density at radius 2 is 2.20 bits per heavy atom. The van der Waals surface area contributed by atoms with Crippen molar-refractivity contribution >= 4 is 27.7 Å². The first-order valence-electron chi connectivity index (χ1n) is 6.93. The Morgan fingerprint density at radius 1 is 1.45 bits per heavy atom. The summed E-state index contributed by atoms with van der Waals surface area (Å²) in [6.07, 6.45) is 3.59. The second-order valence-corrected chi connectivity index (χ2v) is 5.37. The van der Waals surface area contributed by atoms with Gasteiger partial charge in [0.05, 0.1) is 12.2 Å². The lowest BCUT2D eigenvalue weighted by Gasteiger charge is -2.22. The Bertz CT molecular complexity index is 440. The Kier molecular flexibility index (Phi) is 7.54. The summed E-state index contributed by atoms with van der Waals surface area (Å²) in [5.74, 6) is 0.484. The largest absolute Gasteiger partial charge is 0.395 e. The number of aliphatic hydroxyl groups excluding tert-OH is 1.